The predicted molar refractivity (Wildman–Crippen MR) is 47.8 cm³/mol. The molecule has 1 N–H and O–H groups in total. The SMILES string of the molecule is [N-]=[N+]=Nc1ccc([N+](=O)[O-])c(CO)c1. The molecule has 7 nitrogen and oxygen atoms in total. The summed E-state index contributed by atoms with van der Waals surface area (Å²) in [6, 6.07) is 3.78. The van der Waals surface area contributed by atoms with Gasteiger partial charge in [-0.1, -0.05) is 5.11 Å². The highest BCUT2D eigenvalue weighted by Gasteiger charge is 2.12. The van der Waals surface area contributed by atoms with E-state index in [1.807, 2.05) is 0 Å². The van der Waals surface area contributed by atoms with Gasteiger partial charge in [0.25, 0.3) is 5.69 Å². The predicted octanol–water partition coefficient (Wildman–Crippen LogP) is 2.03. The number of azide groups is 1. The first kappa shape index (κ1) is 9.97. The van der Waals surface area contributed by atoms with E-state index in [4.69, 9.17) is 10.6 Å². The summed E-state index contributed by atoms with van der Waals surface area (Å²) in [6.45, 7) is -0.467. The van der Waals surface area contributed by atoms with Gasteiger partial charge in [-0.05, 0) is 17.7 Å². The molecule has 0 aromatic heterocycles. The molecule has 0 bridgehead atoms. The molecule has 0 amide bonds. The number of aliphatic hydroxyl groups is 1. The Morgan fingerprint density at radius 3 is 2.86 bits per heavy atom. The third-order valence-corrected chi connectivity index (χ3v) is 1.59. The van der Waals surface area contributed by atoms with Crippen LogP contribution in [0.5, 0.6) is 0 Å². The minimum Gasteiger partial charge on any atom is -0.391 e. The molecule has 0 aliphatic carbocycles. The fourth-order valence-corrected chi connectivity index (χ4v) is 0.991. The minimum absolute atomic E-state index is 0.125. The van der Waals surface area contributed by atoms with Crippen molar-refractivity contribution in [3.05, 3.63) is 44.3 Å². The standard InChI is InChI=1S/C7H6N4O3/c8-10-9-6-1-2-7(11(13)14)5(3-6)4-12/h1-3,12H,4H2. The van der Waals surface area contributed by atoms with E-state index in [0.29, 0.717) is 0 Å². The summed E-state index contributed by atoms with van der Waals surface area (Å²) in [5.41, 5.74) is 8.30. The van der Waals surface area contributed by atoms with Crippen LogP contribution >= 0.6 is 0 Å². The highest BCUT2D eigenvalue weighted by molar-refractivity contribution is 5.50. The van der Waals surface area contributed by atoms with Crippen molar-refractivity contribution in [1.82, 2.24) is 0 Å². The molecule has 0 atom stereocenters. The second-order valence-electron chi connectivity index (χ2n) is 2.42. The molecule has 1 rings (SSSR count). The normalized spacial score (nSPS) is 9.21. The van der Waals surface area contributed by atoms with Gasteiger partial charge in [-0.2, -0.15) is 0 Å². The topological polar surface area (TPSA) is 112 Å². The third-order valence-electron chi connectivity index (χ3n) is 1.59. The van der Waals surface area contributed by atoms with Crippen LogP contribution in [0, 0.1) is 10.1 Å². The molecule has 0 spiro atoms. The molecule has 0 saturated heterocycles. The van der Waals surface area contributed by atoms with Gasteiger partial charge in [0.15, 0.2) is 0 Å². The van der Waals surface area contributed by atoms with Gasteiger partial charge in [-0.25, -0.2) is 0 Å². The van der Waals surface area contributed by atoms with E-state index < -0.39 is 11.5 Å². The lowest BCUT2D eigenvalue weighted by Gasteiger charge is -1.99. The maximum absolute atomic E-state index is 10.4. The molecule has 72 valence electrons. The summed E-state index contributed by atoms with van der Waals surface area (Å²) in [5, 5.41) is 22.5. The van der Waals surface area contributed by atoms with Crippen LogP contribution in [-0.4, -0.2) is 10.0 Å². The summed E-state index contributed by atoms with van der Waals surface area (Å²) in [7, 11) is 0. The molecule has 1 aromatic rings. The summed E-state index contributed by atoms with van der Waals surface area (Å²) in [5.74, 6) is 0. The zero-order chi connectivity index (χ0) is 10.6. The molecule has 0 radical (unpaired) electrons. The quantitative estimate of drug-likeness (QED) is 0.261. The van der Waals surface area contributed by atoms with Crippen molar-refractivity contribution in [2.75, 3.05) is 0 Å². The van der Waals surface area contributed by atoms with E-state index in [1.54, 1.807) is 0 Å². The van der Waals surface area contributed by atoms with E-state index >= 15 is 0 Å². The number of hydrogen-bond acceptors (Lipinski definition) is 4. The minimum atomic E-state index is -0.606. The zero-order valence-electron chi connectivity index (χ0n) is 6.99. The zero-order valence-corrected chi connectivity index (χ0v) is 6.99. The van der Waals surface area contributed by atoms with Gasteiger partial charge in [-0.3, -0.25) is 10.1 Å². The van der Waals surface area contributed by atoms with E-state index in [2.05, 4.69) is 10.0 Å². The molecular formula is C7H6N4O3. The Kier molecular flexibility index (Phi) is 3.01. The number of nitro groups is 1. The Labute approximate surface area is 78.4 Å². The first-order valence-electron chi connectivity index (χ1n) is 3.62. The van der Waals surface area contributed by atoms with Gasteiger partial charge in [0.1, 0.15) is 0 Å². The lowest BCUT2D eigenvalue weighted by molar-refractivity contribution is -0.385. The van der Waals surface area contributed by atoms with Crippen molar-refractivity contribution in [2.24, 2.45) is 5.11 Å². The van der Waals surface area contributed by atoms with Gasteiger partial charge in [0.2, 0.25) is 0 Å². The molecule has 0 unspecified atom stereocenters. The van der Waals surface area contributed by atoms with Crippen molar-refractivity contribution in [3.63, 3.8) is 0 Å². The summed E-state index contributed by atoms with van der Waals surface area (Å²) in [4.78, 5) is 12.4. The highest BCUT2D eigenvalue weighted by Crippen LogP contribution is 2.24. The molecule has 0 heterocycles. The van der Waals surface area contributed by atoms with Crippen LogP contribution in [-0.2, 0) is 6.61 Å². The van der Waals surface area contributed by atoms with E-state index in [9.17, 15) is 10.1 Å². The van der Waals surface area contributed by atoms with Crippen LogP contribution in [0.2, 0.25) is 0 Å². The molecular weight excluding hydrogens is 188 g/mol. The van der Waals surface area contributed by atoms with Crippen LogP contribution in [0.4, 0.5) is 11.4 Å². The fourth-order valence-electron chi connectivity index (χ4n) is 0.991. The van der Waals surface area contributed by atoms with E-state index in [0.717, 1.165) is 0 Å². The Balaban J connectivity index is 3.24. The van der Waals surface area contributed by atoms with E-state index in [-0.39, 0.29) is 16.9 Å². The first-order valence-corrected chi connectivity index (χ1v) is 3.62. The van der Waals surface area contributed by atoms with Gasteiger partial charge < -0.3 is 5.11 Å². The molecule has 1 aromatic carbocycles. The van der Waals surface area contributed by atoms with Gasteiger partial charge in [0, 0.05) is 16.7 Å². The highest BCUT2D eigenvalue weighted by atomic mass is 16.6. The lowest BCUT2D eigenvalue weighted by Crippen LogP contribution is -1.94. The number of benzene rings is 1. The second kappa shape index (κ2) is 4.22. The molecule has 0 aliphatic heterocycles. The summed E-state index contributed by atoms with van der Waals surface area (Å²) >= 11 is 0. The molecule has 0 saturated carbocycles. The number of nitrogens with zero attached hydrogens (tertiary/aromatic N) is 4. The Morgan fingerprint density at radius 2 is 2.36 bits per heavy atom. The average molecular weight is 194 g/mol. The molecule has 0 aliphatic rings. The molecule has 14 heavy (non-hydrogen) atoms. The first-order chi connectivity index (χ1) is 6.69. The van der Waals surface area contributed by atoms with Crippen LogP contribution in [0.25, 0.3) is 10.4 Å². The summed E-state index contributed by atoms with van der Waals surface area (Å²) in [6.07, 6.45) is 0. The number of rotatable bonds is 3. The van der Waals surface area contributed by atoms with E-state index in [1.165, 1.54) is 18.2 Å². The third kappa shape index (κ3) is 1.98. The maximum Gasteiger partial charge on any atom is 0.274 e. The van der Waals surface area contributed by atoms with Crippen molar-refractivity contribution in [3.8, 4) is 0 Å². The number of nitro benzene ring substituents is 1. The number of hydrogen-bond donors (Lipinski definition) is 1. The van der Waals surface area contributed by atoms with Crippen LogP contribution in [0.3, 0.4) is 0 Å². The Morgan fingerprint density at radius 1 is 1.64 bits per heavy atom. The monoisotopic (exact) mass is 194 g/mol. The van der Waals surface area contributed by atoms with Crippen molar-refractivity contribution in [2.45, 2.75) is 6.61 Å². The Bertz CT molecular complexity index is 411. The van der Waals surface area contributed by atoms with Gasteiger partial charge in [-0.15, -0.1) is 0 Å². The molecule has 7 heteroatoms. The molecule has 0 fully saturated rings. The number of aliphatic hydroxyl groups excluding tert-OH is 1. The van der Waals surface area contributed by atoms with Crippen molar-refractivity contribution in [1.29, 1.82) is 0 Å². The van der Waals surface area contributed by atoms with Gasteiger partial charge in [0.05, 0.1) is 17.1 Å². The second-order valence-corrected chi connectivity index (χ2v) is 2.42. The Hall–Kier alpha value is -2.11. The van der Waals surface area contributed by atoms with Crippen LogP contribution in [0.1, 0.15) is 5.56 Å². The smallest absolute Gasteiger partial charge is 0.274 e. The fraction of sp³-hybridized carbons (Fsp3) is 0.143. The lowest BCUT2D eigenvalue weighted by atomic mass is 10.2. The van der Waals surface area contributed by atoms with Crippen molar-refractivity contribution < 1.29 is 10.0 Å². The largest absolute Gasteiger partial charge is 0.391 e. The van der Waals surface area contributed by atoms with Crippen molar-refractivity contribution >= 4 is 11.4 Å². The van der Waals surface area contributed by atoms with Gasteiger partial charge >= 0.3 is 0 Å². The van der Waals surface area contributed by atoms with Crippen LogP contribution < -0.4 is 0 Å². The van der Waals surface area contributed by atoms with Crippen LogP contribution in [0.15, 0.2) is 23.3 Å². The summed E-state index contributed by atoms with van der Waals surface area (Å²) < 4.78 is 0. The average Bonchev–Trinajstić information content (AvgIpc) is 2.17. The maximum atomic E-state index is 10.4.